The molecule has 1 aromatic heterocycles. The Morgan fingerprint density at radius 2 is 2.16 bits per heavy atom. The van der Waals surface area contributed by atoms with E-state index in [4.69, 9.17) is 10.00 Å². The highest BCUT2D eigenvalue weighted by molar-refractivity contribution is 6.01. The standard InChI is InChI=1S/C24H27FN4O3/c1-3-20(16-6-7-19(25)17(11-16)13-26)27-23(30)18-12-21(29-9-10-32-14-22(18)29)24(31)28-8-4-5-15(28)2/h6-7,11-12,15,20H,3-5,8-10,14H2,1-2H3,(H,27,30)/t15-,20+/m0/s1. The lowest BCUT2D eigenvalue weighted by atomic mass is 10.0. The molecule has 8 heteroatoms. The average molecular weight is 439 g/mol. The molecule has 1 N–H and O–H groups in total. The Hall–Kier alpha value is -3.18. The molecule has 3 heterocycles. The zero-order valence-corrected chi connectivity index (χ0v) is 18.4. The number of hydrogen-bond donors (Lipinski definition) is 1. The van der Waals surface area contributed by atoms with Gasteiger partial charge < -0.3 is 19.5 Å². The van der Waals surface area contributed by atoms with Gasteiger partial charge in [-0.25, -0.2) is 4.39 Å². The highest BCUT2D eigenvalue weighted by Crippen LogP contribution is 2.27. The molecule has 2 amide bonds. The minimum atomic E-state index is -0.588. The van der Waals surface area contributed by atoms with Crippen molar-refractivity contribution in [3.8, 4) is 6.07 Å². The summed E-state index contributed by atoms with van der Waals surface area (Å²) in [5, 5.41) is 12.1. The Morgan fingerprint density at radius 3 is 2.84 bits per heavy atom. The lowest BCUT2D eigenvalue weighted by Crippen LogP contribution is -2.35. The molecule has 0 saturated carbocycles. The van der Waals surface area contributed by atoms with E-state index in [1.807, 2.05) is 29.4 Å². The predicted molar refractivity (Wildman–Crippen MR) is 115 cm³/mol. The maximum atomic E-state index is 13.7. The van der Waals surface area contributed by atoms with E-state index in [1.165, 1.54) is 12.1 Å². The third kappa shape index (κ3) is 4.00. The Kier molecular flexibility index (Phi) is 6.28. The third-order valence-corrected chi connectivity index (χ3v) is 6.41. The highest BCUT2D eigenvalue weighted by Gasteiger charge is 2.32. The van der Waals surface area contributed by atoms with Gasteiger partial charge in [-0.15, -0.1) is 0 Å². The molecule has 2 aromatic rings. The van der Waals surface area contributed by atoms with Crippen molar-refractivity contribution in [2.45, 2.75) is 58.3 Å². The second-order valence-corrected chi connectivity index (χ2v) is 8.37. The number of nitrogens with one attached hydrogen (secondary N) is 1. The fraction of sp³-hybridized carbons (Fsp3) is 0.458. The molecule has 7 nitrogen and oxygen atoms in total. The second-order valence-electron chi connectivity index (χ2n) is 8.37. The van der Waals surface area contributed by atoms with E-state index in [0.717, 1.165) is 19.4 Å². The van der Waals surface area contributed by atoms with Gasteiger partial charge in [-0.1, -0.05) is 13.0 Å². The lowest BCUT2D eigenvalue weighted by Gasteiger charge is -2.24. The zero-order chi connectivity index (χ0) is 22.8. The minimum absolute atomic E-state index is 0.0542. The van der Waals surface area contributed by atoms with Crippen LogP contribution in [0.3, 0.4) is 0 Å². The second kappa shape index (κ2) is 9.13. The van der Waals surface area contributed by atoms with Crippen molar-refractivity contribution < 1.29 is 18.7 Å². The van der Waals surface area contributed by atoms with Crippen LogP contribution in [0.25, 0.3) is 0 Å². The first-order valence-corrected chi connectivity index (χ1v) is 11.1. The molecule has 2 atom stereocenters. The van der Waals surface area contributed by atoms with Gasteiger partial charge in [0.1, 0.15) is 17.6 Å². The number of halogens is 1. The van der Waals surface area contributed by atoms with Crippen molar-refractivity contribution in [1.82, 2.24) is 14.8 Å². The van der Waals surface area contributed by atoms with Gasteiger partial charge >= 0.3 is 0 Å². The molecule has 0 unspecified atom stereocenters. The molecule has 1 aromatic carbocycles. The quantitative estimate of drug-likeness (QED) is 0.774. The van der Waals surface area contributed by atoms with E-state index in [1.54, 1.807) is 12.1 Å². The molecular weight excluding hydrogens is 411 g/mol. The summed E-state index contributed by atoms with van der Waals surface area (Å²) in [5.41, 5.74) is 2.23. The molecule has 0 bridgehead atoms. The summed E-state index contributed by atoms with van der Waals surface area (Å²) in [7, 11) is 0. The fourth-order valence-corrected chi connectivity index (χ4v) is 4.58. The SMILES string of the molecule is CC[C@@H](NC(=O)c1cc(C(=O)N2CCC[C@@H]2C)n2c1COCC2)c1ccc(F)c(C#N)c1. The van der Waals surface area contributed by atoms with Crippen molar-refractivity contribution in [3.05, 3.63) is 58.2 Å². The van der Waals surface area contributed by atoms with Gasteiger partial charge in [-0.2, -0.15) is 5.26 Å². The topological polar surface area (TPSA) is 87.4 Å². The number of aromatic nitrogens is 1. The summed E-state index contributed by atoms with van der Waals surface area (Å²) in [4.78, 5) is 28.4. The maximum absolute atomic E-state index is 13.7. The maximum Gasteiger partial charge on any atom is 0.270 e. The number of amides is 2. The smallest absolute Gasteiger partial charge is 0.270 e. The molecular formula is C24H27FN4O3. The molecule has 0 aliphatic carbocycles. The van der Waals surface area contributed by atoms with E-state index in [2.05, 4.69) is 5.32 Å². The van der Waals surface area contributed by atoms with Gasteiger partial charge in [0.05, 0.1) is 36.1 Å². The van der Waals surface area contributed by atoms with Crippen molar-refractivity contribution in [2.24, 2.45) is 0 Å². The first-order valence-electron chi connectivity index (χ1n) is 11.1. The molecule has 1 saturated heterocycles. The van der Waals surface area contributed by atoms with Crippen molar-refractivity contribution in [3.63, 3.8) is 0 Å². The van der Waals surface area contributed by atoms with E-state index >= 15 is 0 Å². The average Bonchev–Trinajstić information content (AvgIpc) is 3.41. The monoisotopic (exact) mass is 438 g/mol. The van der Waals surface area contributed by atoms with Crippen molar-refractivity contribution >= 4 is 11.8 Å². The molecule has 0 radical (unpaired) electrons. The first kappa shape index (κ1) is 22.0. The van der Waals surface area contributed by atoms with E-state index in [9.17, 15) is 14.0 Å². The number of benzene rings is 1. The number of nitriles is 1. The zero-order valence-electron chi connectivity index (χ0n) is 18.4. The van der Waals surface area contributed by atoms with Gasteiger partial charge in [-0.05, 0) is 49.9 Å². The summed E-state index contributed by atoms with van der Waals surface area (Å²) in [5.74, 6) is -0.959. The Bertz CT molecular complexity index is 1090. The number of carbonyl (C=O) groups excluding carboxylic acids is 2. The van der Waals surface area contributed by atoms with Crippen LogP contribution in [-0.4, -0.2) is 40.5 Å². The third-order valence-electron chi connectivity index (χ3n) is 6.41. The molecule has 0 spiro atoms. The van der Waals surface area contributed by atoms with Gasteiger partial charge in [-0.3, -0.25) is 9.59 Å². The van der Waals surface area contributed by atoms with Crippen LogP contribution >= 0.6 is 0 Å². The first-order chi connectivity index (χ1) is 15.4. The fourth-order valence-electron chi connectivity index (χ4n) is 4.58. The molecule has 4 rings (SSSR count). The normalized spacial score (nSPS) is 18.7. The summed E-state index contributed by atoms with van der Waals surface area (Å²) in [6.07, 6.45) is 2.53. The summed E-state index contributed by atoms with van der Waals surface area (Å²) in [6, 6.07) is 7.58. The van der Waals surface area contributed by atoms with Crippen molar-refractivity contribution in [2.75, 3.05) is 13.2 Å². The summed E-state index contributed by atoms with van der Waals surface area (Å²) >= 11 is 0. The Labute approximate surface area is 186 Å². The van der Waals surface area contributed by atoms with Crippen LogP contribution in [0.1, 0.15) is 76.8 Å². The number of rotatable bonds is 5. The van der Waals surface area contributed by atoms with Crippen molar-refractivity contribution in [1.29, 1.82) is 5.26 Å². The summed E-state index contributed by atoms with van der Waals surface area (Å²) in [6.45, 7) is 5.95. The number of hydrogen-bond acceptors (Lipinski definition) is 4. The molecule has 2 aliphatic heterocycles. The minimum Gasteiger partial charge on any atom is -0.373 e. The van der Waals surface area contributed by atoms with Crippen LogP contribution in [0, 0.1) is 17.1 Å². The molecule has 32 heavy (non-hydrogen) atoms. The Balaban J connectivity index is 1.63. The number of ether oxygens (including phenoxy) is 1. The van der Waals surface area contributed by atoms with E-state index in [-0.39, 0.29) is 30.0 Å². The van der Waals surface area contributed by atoms with E-state index in [0.29, 0.717) is 42.1 Å². The Morgan fingerprint density at radius 1 is 1.34 bits per heavy atom. The molecule has 2 aliphatic rings. The van der Waals surface area contributed by atoms with Crippen LogP contribution in [0.15, 0.2) is 24.3 Å². The predicted octanol–water partition coefficient (Wildman–Crippen LogP) is 3.53. The lowest BCUT2D eigenvalue weighted by molar-refractivity contribution is 0.0683. The molecule has 168 valence electrons. The number of likely N-dealkylation sites (tertiary alicyclic amines) is 1. The summed E-state index contributed by atoms with van der Waals surface area (Å²) < 4.78 is 21.2. The van der Waals surface area contributed by atoms with Crippen LogP contribution in [0.4, 0.5) is 4.39 Å². The van der Waals surface area contributed by atoms with Gasteiger partial charge in [0.15, 0.2) is 0 Å². The van der Waals surface area contributed by atoms with E-state index < -0.39 is 11.9 Å². The van der Waals surface area contributed by atoms with Crippen LogP contribution < -0.4 is 5.32 Å². The largest absolute Gasteiger partial charge is 0.373 e. The van der Waals surface area contributed by atoms with Gasteiger partial charge in [0.25, 0.3) is 11.8 Å². The van der Waals surface area contributed by atoms with Gasteiger partial charge in [0, 0.05) is 19.1 Å². The highest BCUT2D eigenvalue weighted by atomic mass is 19.1. The number of fused-ring (bicyclic) bond motifs is 1. The van der Waals surface area contributed by atoms with Crippen LogP contribution in [0.5, 0.6) is 0 Å². The van der Waals surface area contributed by atoms with Crippen LogP contribution in [-0.2, 0) is 17.9 Å². The molecule has 1 fully saturated rings. The number of carbonyl (C=O) groups is 2. The van der Waals surface area contributed by atoms with Crippen LogP contribution in [0.2, 0.25) is 0 Å². The van der Waals surface area contributed by atoms with Gasteiger partial charge in [0.2, 0.25) is 0 Å². The number of nitrogens with zero attached hydrogens (tertiary/aromatic N) is 3.